The van der Waals surface area contributed by atoms with Gasteiger partial charge in [-0.05, 0) is 35.9 Å². The Balaban J connectivity index is 1.46. The topological polar surface area (TPSA) is 81.8 Å². The van der Waals surface area contributed by atoms with E-state index in [2.05, 4.69) is 15.4 Å². The fraction of sp³-hybridized carbons (Fsp3) is 0.143. The third-order valence-electron chi connectivity index (χ3n) is 4.56. The molecule has 0 unspecified atom stereocenters. The molecule has 0 spiro atoms. The minimum absolute atomic E-state index is 0.186. The summed E-state index contributed by atoms with van der Waals surface area (Å²) in [4.78, 5) is 29.4. The number of fused-ring (bicyclic) bond motifs is 1. The molecule has 0 bridgehead atoms. The largest absolute Gasteiger partial charge is 0.350 e. The molecule has 4 rings (SSSR count). The third kappa shape index (κ3) is 4.37. The third-order valence-corrected chi connectivity index (χ3v) is 5.03. The second kappa shape index (κ2) is 8.69. The number of carbonyl (C=O) groups is 1. The van der Waals surface area contributed by atoms with Crippen LogP contribution in [0.2, 0.25) is 10.0 Å². The van der Waals surface area contributed by atoms with Crippen molar-refractivity contribution < 1.29 is 4.79 Å². The minimum atomic E-state index is -0.231. The summed E-state index contributed by atoms with van der Waals surface area (Å²) in [6.07, 6.45) is 2.99. The van der Waals surface area contributed by atoms with E-state index in [1.807, 2.05) is 18.2 Å². The Morgan fingerprint density at radius 2 is 1.83 bits per heavy atom. The average molecular weight is 442 g/mol. The Labute approximate surface area is 181 Å². The SMILES string of the molecule is O=C(NCCn1ncc2c(=O)n(Cc3cccc(Cl)c3)cnc21)c1cccc(Cl)c1. The number of nitrogens with one attached hydrogen (secondary N) is 1. The Kier molecular flexibility index (Phi) is 5.83. The molecule has 0 saturated heterocycles. The monoisotopic (exact) mass is 441 g/mol. The smallest absolute Gasteiger partial charge is 0.264 e. The van der Waals surface area contributed by atoms with Gasteiger partial charge in [0.25, 0.3) is 11.5 Å². The first-order valence-corrected chi connectivity index (χ1v) is 9.96. The minimum Gasteiger partial charge on any atom is -0.350 e. The highest BCUT2D eigenvalue weighted by atomic mass is 35.5. The Morgan fingerprint density at radius 3 is 2.60 bits per heavy atom. The molecule has 0 aliphatic carbocycles. The summed E-state index contributed by atoms with van der Waals surface area (Å²) in [5, 5.41) is 8.59. The average Bonchev–Trinajstić information content (AvgIpc) is 3.14. The molecule has 0 saturated carbocycles. The van der Waals surface area contributed by atoms with Crippen LogP contribution < -0.4 is 10.9 Å². The molecule has 9 heteroatoms. The highest BCUT2D eigenvalue weighted by molar-refractivity contribution is 6.31. The van der Waals surface area contributed by atoms with Gasteiger partial charge >= 0.3 is 0 Å². The van der Waals surface area contributed by atoms with Crippen LogP contribution in [0, 0.1) is 0 Å². The van der Waals surface area contributed by atoms with Crippen molar-refractivity contribution in [3.8, 4) is 0 Å². The molecule has 4 aromatic rings. The first kappa shape index (κ1) is 20.1. The summed E-state index contributed by atoms with van der Waals surface area (Å²) < 4.78 is 3.11. The lowest BCUT2D eigenvalue weighted by Gasteiger charge is -2.08. The fourth-order valence-electron chi connectivity index (χ4n) is 3.11. The van der Waals surface area contributed by atoms with Crippen molar-refractivity contribution in [2.24, 2.45) is 0 Å². The van der Waals surface area contributed by atoms with Crippen LogP contribution in [0.25, 0.3) is 11.0 Å². The Morgan fingerprint density at radius 1 is 1.07 bits per heavy atom. The van der Waals surface area contributed by atoms with Gasteiger partial charge in [-0.2, -0.15) is 5.10 Å². The molecule has 2 aromatic carbocycles. The van der Waals surface area contributed by atoms with Gasteiger partial charge in [-0.15, -0.1) is 0 Å². The standard InChI is InChI=1S/C21H17Cl2N5O2/c22-16-5-1-3-14(9-16)12-27-13-25-19-18(21(27)30)11-26-28(19)8-7-24-20(29)15-4-2-6-17(23)10-15/h1-6,9-11,13H,7-8,12H2,(H,24,29). The van der Waals surface area contributed by atoms with Crippen LogP contribution in [-0.2, 0) is 13.1 Å². The maximum absolute atomic E-state index is 12.8. The van der Waals surface area contributed by atoms with Gasteiger partial charge in [-0.3, -0.25) is 14.2 Å². The maximum Gasteiger partial charge on any atom is 0.264 e. The molecule has 30 heavy (non-hydrogen) atoms. The van der Waals surface area contributed by atoms with E-state index in [1.165, 1.54) is 17.1 Å². The van der Waals surface area contributed by atoms with Crippen LogP contribution in [0.4, 0.5) is 0 Å². The van der Waals surface area contributed by atoms with Gasteiger partial charge in [0.2, 0.25) is 0 Å². The number of nitrogens with zero attached hydrogens (tertiary/aromatic N) is 4. The van der Waals surface area contributed by atoms with E-state index in [1.54, 1.807) is 35.0 Å². The van der Waals surface area contributed by atoms with Crippen LogP contribution >= 0.6 is 23.2 Å². The summed E-state index contributed by atoms with van der Waals surface area (Å²) in [5.41, 5.74) is 1.67. The molecule has 1 amide bonds. The zero-order valence-electron chi connectivity index (χ0n) is 15.8. The lowest BCUT2D eigenvalue weighted by atomic mass is 10.2. The first-order chi connectivity index (χ1) is 14.5. The molecule has 1 N–H and O–H groups in total. The van der Waals surface area contributed by atoms with Crippen molar-refractivity contribution in [2.45, 2.75) is 13.1 Å². The van der Waals surface area contributed by atoms with Crippen molar-refractivity contribution in [1.29, 1.82) is 0 Å². The van der Waals surface area contributed by atoms with E-state index in [9.17, 15) is 9.59 Å². The zero-order valence-corrected chi connectivity index (χ0v) is 17.3. The number of hydrogen-bond donors (Lipinski definition) is 1. The molecule has 2 aromatic heterocycles. The fourth-order valence-corrected chi connectivity index (χ4v) is 3.52. The Bertz CT molecular complexity index is 1280. The molecule has 0 radical (unpaired) electrons. The molecule has 0 atom stereocenters. The van der Waals surface area contributed by atoms with Crippen molar-refractivity contribution in [2.75, 3.05) is 6.54 Å². The second-order valence-corrected chi connectivity index (χ2v) is 7.55. The highest BCUT2D eigenvalue weighted by Crippen LogP contribution is 2.13. The molecular formula is C21H17Cl2N5O2. The number of aromatic nitrogens is 4. The van der Waals surface area contributed by atoms with E-state index < -0.39 is 0 Å². The van der Waals surface area contributed by atoms with Gasteiger partial charge in [-0.1, -0.05) is 41.4 Å². The lowest BCUT2D eigenvalue weighted by molar-refractivity contribution is 0.0952. The second-order valence-electron chi connectivity index (χ2n) is 6.68. The molecule has 0 aliphatic rings. The number of hydrogen-bond acceptors (Lipinski definition) is 4. The molecular weight excluding hydrogens is 425 g/mol. The first-order valence-electron chi connectivity index (χ1n) is 9.20. The zero-order chi connectivity index (χ0) is 21.1. The van der Waals surface area contributed by atoms with Crippen LogP contribution in [0.3, 0.4) is 0 Å². The summed E-state index contributed by atoms with van der Waals surface area (Å²) in [7, 11) is 0. The van der Waals surface area contributed by atoms with Gasteiger partial charge in [-0.25, -0.2) is 9.67 Å². The molecule has 2 heterocycles. The quantitative estimate of drug-likeness (QED) is 0.497. The van der Waals surface area contributed by atoms with Crippen LogP contribution in [-0.4, -0.2) is 31.8 Å². The molecule has 152 valence electrons. The van der Waals surface area contributed by atoms with Gasteiger partial charge < -0.3 is 5.32 Å². The maximum atomic E-state index is 12.8. The van der Waals surface area contributed by atoms with Crippen molar-refractivity contribution >= 4 is 40.1 Å². The molecule has 7 nitrogen and oxygen atoms in total. The van der Waals surface area contributed by atoms with Crippen molar-refractivity contribution in [3.05, 3.63) is 92.6 Å². The molecule has 0 aliphatic heterocycles. The summed E-state index contributed by atoms with van der Waals surface area (Å²) in [6, 6.07) is 14.0. The van der Waals surface area contributed by atoms with E-state index in [-0.39, 0.29) is 11.5 Å². The number of carbonyl (C=O) groups excluding carboxylic acids is 1. The van der Waals surface area contributed by atoms with E-state index in [4.69, 9.17) is 23.2 Å². The van der Waals surface area contributed by atoms with Gasteiger partial charge in [0.05, 0.1) is 19.3 Å². The predicted octanol–water partition coefficient (Wildman–Crippen LogP) is 3.38. The van der Waals surface area contributed by atoms with E-state index in [0.29, 0.717) is 46.3 Å². The van der Waals surface area contributed by atoms with Gasteiger partial charge in [0.1, 0.15) is 11.7 Å². The summed E-state index contributed by atoms with van der Waals surface area (Å²) in [6.45, 7) is 1.07. The summed E-state index contributed by atoms with van der Waals surface area (Å²) >= 11 is 11.9. The predicted molar refractivity (Wildman–Crippen MR) is 116 cm³/mol. The number of amides is 1. The van der Waals surface area contributed by atoms with E-state index in [0.717, 1.165) is 5.56 Å². The highest BCUT2D eigenvalue weighted by Gasteiger charge is 2.11. The number of rotatable bonds is 6. The summed E-state index contributed by atoms with van der Waals surface area (Å²) in [5.74, 6) is -0.231. The van der Waals surface area contributed by atoms with Crippen LogP contribution in [0.5, 0.6) is 0 Å². The van der Waals surface area contributed by atoms with Gasteiger partial charge in [0, 0.05) is 22.2 Å². The Hall–Kier alpha value is -3.16. The van der Waals surface area contributed by atoms with Crippen LogP contribution in [0.15, 0.2) is 65.8 Å². The van der Waals surface area contributed by atoms with Crippen molar-refractivity contribution in [3.63, 3.8) is 0 Å². The van der Waals surface area contributed by atoms with E-state index >= 15 is 0 Å². The molecule has 0 fully saturated rings. The number of halogens is 2. The van der Waals surface area contributed by atoms with Crippen molar-refractivity contribution in [1.82, 2.24) is 24.6 Å². The number of benzene rings is 2. The van der Waals surface area contributed by atoms with Crippen LogP contribution in [0.1, 0.15) is 15.9 Å². The van der Waals surface area contributed by atoms with Gasteiger partial charge in [0.15, 0.2) is 5.65 Å². The normalized spacial score (nSPS) is 11.0. The lowest BCUT2D eigenvalue weighted by Crippen LogP contribution is -2.27.